The maximum Gasteiger partial charge on any atom is 0.272 e. The summed E-state index contributed by atoms with van der Waals surface area (Å²) in [6, 6.07) is 1.93. The van der Waals surface area contributed by atoms with E-state index in [0.717, 1.165) is 5.69 Å². The van der Waals surface area contributed by atoms with Crippen LogP contribution in [0.4, 0.5) is 0 Å². The lowest BCUT2D eigenvalue weighted by molar-refractivity contribution is -0.133. The number of H-pyrrole nitrogens is 1. The summed E-state index contributed by atoms with van der Waals surface area (Å²) in [7, 11) is 0. The van der Waals surface area contributed by atoms with Crippen LogP contribution in [0.5, 0.6) is 0 Å². The van der Waals surface area contributed by atoms with E-state index in [9.17, 15) is 9.59 Å². The summed E-state index contributed by atoms with van der Waals surface area (Å²) < 4.78 is 0. The van der Waals surface area contributed by atoms with Crippen molar-refractivity contribution in [2.24, 2.45) is 0 Å². The van der Waals surface area contributed by atoms with Crippen LogP contribution in [0, 0.1) is 0 Å². The molecule has 0 atom stereocenters. The highest BCUT2D eigenvalue weighted by Crippen LogP contribution is 2.31. The lowest BCUT2D eigenvalue weighted by Gasteiger charge is -2.38. The predicted octanol–water partition coefficient (Wildman–Crippen LogP) is 1.42. The van der Waals surface area contributed by atoms with Crippen LogP contribution in [0.3, 0.4) is 0 Å². The summed E-state index contributed by atoms with van der Waals surface area (Å²) in [5.41, 5.74) is 1.54. The maximum atomic E-state index is 12.1. The number of aromatic amines is 1. The third-order valence-electron chi connectivity index (χ3n) is 4.54. The largest absolute Gasteiger partial charge is 0.344 e. The van der Waals surface area contributed by atoms with Gasteiger partial charge in [-0.05, 0) is 18.9 Å². The maximum absolute atomic E-state index is 12.1. The van der Waals surface area contributed by atoms with Gasteiger partial charge < -0.3 is 10.2 Å². The number of nitrogens with one attached hydrogen (secondary N) is 2. The second-order valence-electron chi connectivity index (χ2n) is 6.14. The van der Waals surface area contributed by atoms with Gasteiger partial charge in [-0.15, -0.1) is 0 Å². The van der Waals surface area contributed by atoms with Crippen LogP contribution in [-0.4, -0.2) is 46.0 Å². The highest BCUT2D eigenvalue weighted by molar-refractivity contribution is 5.92. The van der Waals surface area contributed by atoms with Crippen molar-refractivity contribution in [3.8, 4) is 0 Å². The minimum Gasteiger partial charge on any atom is -0.344 e. The van der Waals surface area contributed by atoms with Crippen LogP contribution in [0.15, 0.2) is 6.07 Å². The van der Waals surface area contributed by atoms with Crippen LogP contribution >= 0.6 is 0 Å². The molecule has 6 nitrogen and oxygen atoms in total. The first kappa shape index (κ1) is 14.1. The molecule has 0 aromatic carbocycles. The molecule has 2 aliphatic rings. The van der Waals surface area contributed by atoms with E-state index in [4.69, 9.17) is 0 Å². The van der Waals surface area contributed by atoms with Crippen molar-refractivity contribution in [2.45, 2.75) is 51.0 Å². The van der Waals surface area contributed by atoms with Crippen molar-refractivity contribution in [1.29, 1.82) is 0 Å². The molecule has 1 saturated heterocycles. The molecule has 0 radical (unpaired) electrons. The minimum atomic E-state index is -0.151. The molecule has 2 heterocycles. The Morgan fingerprint density at radius 2 is 2.00 bits per heavy atom. The Balaban J connectivity index is 1.53. The number of carbonyl (C=O) groups is 2. The minimum absolute atomic E-state index is 0.0521. The Kier molecular flexibility index (Phi) is 3.94. The Hall–Kier alpha value is -1.85. The molecule has 1 aliphatic carbocycles. The van der Waals surface area contributed by atoms with E-state index in [1.54, 1.807) is 11.8 Å². The van der Waals surface area contributed by atoms with Gasteiger partial charge in [0.15, 0.2) is 0 Å². The monoisotopic (exact) mass is 290 g/mol. The number of rotatable bonds is 3. The zero-order valence-electron chi connectivity index (χ0n) is 12.4. The fourth-order valence-corrected chi connectivity index (χ4v) is 3.16. The predicted molar refractivity (Wildman–Crippen MR) is 77.9 cm³/mol. The molecular formula is C15H22N4O2. The molecule has 1 aromatic rings. The van der Waals surface area contributed by atoms with Crippen molar-refractivity contribution in [3.05, 3.63) is 17.5 Å². The van der Waals surface area contributed by atoms with E-state index in [-0.39, 0.29) is 17.9 Å². The molecular weight excluding hydrogens is 268 g/mol. The first-order valence-electron chi connectivity index (χ1n) is 7.75. The molecule has 0 spiro atoms. The number of hydrogen-bond donors (Lipinski definition) is 2. The Morgan fingerprint density at radius 1 is 1.29 bits per heavy atom. The Morgan fingerprint density at radius 3 is 2.67 bits per heavy atom. The van der Waals surface area contributed by atoms with Crippen LogP contribution < -0.4 is 5.32 Å². The highest BCUT2D eigenvalue weighted by Gasteiger charge is 2.30. The van der Waals surface area contributed by atoms with E-state index >= 15 is 0 Å². The molecule has 1 saturated carbocycles. The molecule has 2 N–H and O–H groups in total. The van der Waals surface area contributed by atoms with Gasteiger partial charge in [0.1, 0.15) is 5.69 Å². The molecule has 1 aromatic heterocycles. The molecule has 1 aliphatic heterocycles. The number of nitrogens with zero attached hydrogens (tertiary/aromatic N) is 2. The quantitative estimate of drug-likeness (QED) is 0.883. The van der Waals surface area contributed by atoms with Gasteiger partial charge in [0.25, 0.3) is 5.91 Å². The van der Waals surface area contributed by atoms with Crippen LogP contribution in [0.1, 0.15) is 61.1 Å². The van der Waals surface area contributed by atoms with Crippen LogP contribution in [0.2, 0.25) is 0 Å². The Bertz CT molecular complexity index is 528. The topological polar surface area (TPSA) is 78.1 Å². The number of amides is 2. The molecule has 114 valence electrons. The van der Waals surface area contributed by atoms with Crippen molar-refractivity contribution < 1.29 is 9.59 Å². The molecule has 2 fully saturated rings. The molecule has 21 heavy (non-hydrogen) atoms. The average molecular weight is 290 g/mol. The first-order valence-corrected chi connectivity index (χ1v) is 7.75. The summed E-state index contributed by atoms with van der Waals surface area (Å²) in [6.45, 7) is 2.74. The van der Waals surface area contributed by atoms with Crippen LogP contribution in [-0.2, 0) is 4.79 Å². The van der Waals surface area contributed by atoms with Gasteiger partial charge >= 0.3 is 0 Å². The summed E-state index contributed by atoms with van der Waals surface area (Å²) >= 11 is 0. The van der Waals surface area contributed by atoms with Crippen molar-refractivity contribution in [3.63, 3.8) is 0 Å². The van der Waals surface area contributed by atoms with E-state index in [0.29, 0.717) is 24.7 Å². The van der Waals surface area contributed by atoms with Gasteiger partial charge in [-0.3, -0.25) is 14.7 Å². The summed E-state index contributed by atoms with van der Waals surface area (Å²) in [6.07, 6.45) is 6.19. The third-order valence-corrected chi connectivity index (χ3v) is 4.54. The third kappa shape index (κ3) is 3.09. The number of hydrogen-bond acceptors (Lipinski definition) is 3. The molecule has 0 unspecified atom stereocenters. The van der Waals surface area contributed by atoms with E-state index < -0.39 is 0 Å². The SMILES string of the molecule is CC(=O)N1CC(NC(=O)c2cc(C3CCCCC3)[nH]n2)C1. The molecule has 2 amide bonds. The average Bonchev–Trinajstić information content (AvgIpc) is 2.92. The summed E-state index contributed by atoms with van der Waals surface area (Å²) in [5, 5.41) is 10.1. The summed E-state index contributed by atoms with van der Waals surface area (Å²) in [5.74, 6) is 0.422. The van der Waals surface area contributed by atoms with Crippen LogP contribution in [0.25, 0.3) is 0 Å². The van der Waals surface area contributed by atoms with E-state index in [2.05, 4.69) is 15.5 Å². The molecule has 6 heteroatoms. The first-order chi connectivity index (χ1) is 10.1. The highest BCUT2D eigenvalue weighted by atomic mass is 16.2. The zero-order valence-corrected chi connectivity index (χ0v) is 12.4. The number of likely N-dealkylation sites (tertiary alicyclic amines) is 1. The number of carbonyl (C=O) groups excluding carboxylic acids is 2. The fourth-order valence-electron chi connectivity index (χ4n) is 3.16. The van der Waals surface area contributed by atoms with E-state index in [1.807, 2.05) is 6.07 Å². The fraction of sp³-hybridized carbons (Fsp3) is 0.667. The molecule has 0 bridgehead atoms. The standard InChI is InChI=1S/C15H22N4O2/c1-10(20)19-8-12(9-19)16-15(21)14-7-13(17-18-14)11-5-3-2-4-6-11/h7,11-12H,2-6,8-9H2,1H3,(H,16,21)(H,17,18). The molecule has 3 rings (SSSR count). The van der Waals surface area contributed by atoms with Gasteiger partial charge in [0.05, 0.1) is 6.04 Å². The van der Waals surface area contributed by atoms with Crippen molar-refractivity contribution in [1.82, 2.24) is 20.4 Å². The van der Waals surface area contributed by atoms with Gasteiger partial charge in [-0.2, -0.15) is 5.10 Å². The lowest BCUT2D eigenvalue weighted by atomic mass is 9.87. The summed E-state index contributed by atoms with van der Waals surface area (Å²) in [4.78, 5) is 24.9. The van der Waals surface area contributed by atoms with Gasteiger partial charge in [0, 0.05) is 31.6 Å². The zero-order chi connectivity index (χ0) is 14.8. The second-order valence-corrected chi connectivity index (χ2v) is 6.14. The second kappa shape index (κ2) is 5.87. The lowest BCUT2D eigenvalue weighted by Crippen LogP contribution is -2.60. The van der Waals surface area contributed by atoms with Gasteiger partial charge in [0.2, 0.25) is 5.91 Å². The van der Waals surface area contributed by atoms with E-state index in [1.165, 1.54) is 32.1 Å². The normalized spacial score (nSPS) is 20.1. The Labute approximate surface area is 124 Å². The number of aromatic nitrogens is 2. The van der Waals surface area contributed by atoms with Gasteiger partial charge in [-0.1, -0.05) is 19.3 Å². The van der Waals surface area contributed by atoms with Crippen molar-refractivity contribution in [2.75, 3.05) is 13.1 Å². The smallest absolute Gasteiger partial charge is 0.272 e. The van der Waals surface area contributed by atoms with Crippen molar-refractivity contribution >= 4 is 11.8 Å². The van der Waals surface area contributed by atoms with Gasteiger partial charge in [-0.25, -0.2) is 0 Å².